The Balaban J connectivity index is 2.25. The maximum absolute atomic E-state index is 12.0. The van der Waals surface area contributed by atoms with Crippen molar-refractivity contribution in [2.24, 2.45) is 0 Å². The van der Waals surface area contributed by atoms with Gasteiger partial charge in [-0.2, -0.15) is 0 Å². The number of nitrogens with one attached hydrogen (secondary N) is 1. The number of ether oxygens (including phenoxy) is 1. The topological polar surface area (TPSA) is 64.4 Å². The Morgan fingerprint density at radius 1 is 1.39 bits per heavy atom. The van der Waals surface area contributed by atoms with Crippen molar-refractivity contribution in [3.05, 3.63) is 28.3 Å². The molecule has 0 spiro atoms. The van der Waals surface area contributed by atoms with E-state index in [-0.39, 0.29) is 17.4 Å². The molecule has 0 heterocycles. The fraction of sp³-hybridized carbons (Fsp3) is 0.400. The molecule has 0 radical (unpaired) electrons. The Kier molecular flexibility index (Phi) is 3.02. The molecule has 5 nitrogen and oxygen atoms in total. The number of rotatable bonds is 4. The van der Waals surface area contributed by atoms with Gasteiger partial charge in [0.25, 0.3) is 5.69 Å². The summed E-state index contributed by atoms with van der Waals surface area (Å²) in [5.41, 5.74) is -0.222. The van der Waals surface area contributed by atoms with Crippen LogP contribution in [-0.2, 0) is 0 Å². The standard InChI is InChI=1S/C10H9F3N2O3/c11-10(12,13)18-7-3-4-9(15(16)17)8(5-7)14-6-1-2-6/h3-6,14H,1-2H2. The average molecular weight is 262 g/mol. The lowest BCUT2D eigenvalue weighted by atomic mass is 10.2. The molecule has 0 aromatic heterocycles. The first-order valence-electron chi connectivity index (χ1n) is 5.16. The first kappa shape index (κ1) is 12.5. The van der Waals surface area contributed by atoms with Crippen molar-refractivity contribution in [3.63, 3.8) is 0 Å². The molecule has 0 saturated heterocycles. The van der Waals surface area contributed by atoms with Crippen molar-refractivity contribution >= 4 is 11.4 Å². The highest BCUT2D eigenvalue weighted by atomic mass is 19.4. The summed E-state index contributed by atoms with van der Waals surface area (Å²) in [6.07, 6.45) is -3.12. The van der Waals surface area contributed by atoms with Crippen LogP contribution in [0.25, 0.3) is 0 Å². The molecule has 1 aliphatic rings. The summed E-state index contributed by atoms with van der Waals surface area (Å²) in [6, 6.07) is 2.99. The van der Waals surface area contributed by atoms with Crippen LogP contribution < -0.4 is 10.1 Å². The summed E-state index contributed by atoms with van der Waals surface area (Å²) in [4.78, 5) is 10.1. The van der Waals surface area contributed by atoms with Crippen molar-refractivity contribution < 1.29 is 22.8 Å². The van der Waals surface area contributed by atoms with Crippen LogP contribution in [0.5, 0.6) is 5.75 Å². The molecule has 0 bridgehead atoms. The Morgan fingerprint density at radius 3 is 2.56 bits per heavy atom. The third-order valence-electron chi connectivity index (χ3n) is 2.34. The second-order valence-electron chi connectivity index (χ2n) is 3.90. The van der Waals surface area contributed by atoms with Crippen LogP contribution in [-0.4, -0.2) is 17.3 Å². The number of nitro benzene ring substituents is 1. The number of benzene rings is 1. The van der Waals surface area contributed by atoms with Crippen molar-refractivity contribution in [3.8, 4) is 5.75 Å². The lowest BCUT2D eigenvalue weighted by Gasteiger charge is -2.11. The zero-order valence-corrected chi connectivity index (χ0v) is 9.03. The fourth-order valence-corrected chi connectivity index (χ4v) is 1.43. The summed E-state index contributed by atoms with van der Waals surface area (Å²) >= 11 is 0. The van der Waals surface area contributed by atoms with Gasteiger partial charge in [0.1, 0.15) is 11.4 Å². The number of hydrogen-bond donors (Lipinski definition) is 1. The van der Waals surface area contributed by atoms with E-state index in [2.05, 4.69) is 10.1 Å². The second-order valence-corrected chi connectivity index (χ2v) is 3.90. The van der Waals surface area contributed by atoms with E-state index >= 15 is 0 Å². The Bertz CT molecular complexity index is 472. The molecule has 0 unspecified atom stereocenters. The normalized spacial score (nSPS) is 15.3. The lowest BCUT2D eigenvalue weighted by molar-refractivity contribution is -0.384. The van der Waals surface area contributed by atoms with Crippen molar-refractivity contribution in [2.45, 2.75) is 25.2 Å². The first-order chi connectivity index (χ1) is 8.35. The summed E-state index contributed by atoms with van der Waals surface area (Å²) in [6.45, 7) is 0. The summed E-state index contributed by atoms with van der Waals surface area (Å²) in [5.74, 6) is -0.476. The van der Waals surface area contributed by atoms with E-state index in [9.17, 15) is 23.3 Å². The van der Waals surface area contributed by atoms with Crippen LogP contribution in [0.4, 0.5) is 24.5 Å². The minimum Gasteiger partial charge on any atom is -0.406 e. The van der Waals surface area contributed by atoms with E-state index in [1.54, 1.807) is 0 Å². The van der Waals surface area contributed by atoms with Crippen LogP contribution in [0.3, 0.4) is 0 Å². The summed E-state index contributed by atoms with van der Waals surface area (Å²) in [5, 5.41) is 13.5. The number of alkyl halides is 3. The zero-order chi connectivity index (χ0) is 13.3. The van der Waals surface area contributed by atoms with Crippen LogP contribution in [0.15, 0.2) is 18.2 Å². The third kappa shape index (κ3) is 3.25. The molecule has 98 valence electrons. The van der Waals surface area contributed by atoms with Gasteiger partial charge >= 0.3 is 6.36 Å². The highest BCUT2D eigenvalue weighted by Crippen LogP contribution is 2.35. The van der Waals surface area contributed by atoms with E-state index < -0.39 is 17.0 Å². The number of nitrogens with zero attached hydrogens (tertiary/aromatic N) is 1. The van der Waals surface area contributed by atoms with Crippen LogP contribution in [0.2, 0.25) is 0 Å². The van der Waals surface area contributed by atoms with Gasteiger partial charge in [0, 0.05) is 18.2 Å². The van der Waals surface area contributed by atoms with Crippen LogP contribution in [0, 0.1) is 10.1 Å². The van der Waals surface area contributed by atoms with E-state index in [1.807, 2.05) is 0 Å². The van der Waals surface area contributed by atoms with Gasteiger partial charge in [-0.25, -0.2) is 0 Å². The van der Waals surface area contributed by atoms with Gasteiger partial charge in [0.15, 0.2) is 0 Å². The number of anilines is 1. The highest BCUT2D eigenvalue weighted by molar-refractivity contribution is 5.65. The third-order valence-corrected chi connectivity index (χ3v) is 2.34. The maximum Gasteiger partial charge on any atom is 0.573 e. The minimum absolute atomic E-state index is 0.0456. The van der Waals surface area contributed by atoms with Crippen molar-refractivity contribution in [2.75, 3.05) is 5.32 Å². The molecular weight excluding hydrogens is 253 g/mol. The van der Waals surface area contributed by atoms with Crippen LogP contribution >= 0.6 is 0 Å². The monoisotopic (exact) mass is 262 g/mol. The molecule has 18 heavy (non-hydrogen) atoms. The molecule has 1 fully saturated rings. The van der Waals surface area contributed by atoms with E-state index in [0.717, 1.165) is 31.0 Å². The molecule has 0 aliphatic heterocycles. The lowest BCUT2D eigenvalue weighted by Crippen LogP contribution is -2.17. The first-order valence-corrected chi connectivity index (χ1v) is 5.16. The largest absolute Gasteiger partial charge is 0.573 e. The van der Waals surface area contributed by atoms with Gasteiger partial charge in [-0.1, -0.05) is 0 Å². The molecular formula is C10H9F3N2O3. The van der Waals surface area contributed by atoms with Gasteiger partial charge < -0.3 is 10.1 Å². The predicted molar refractivity (Wildman–Crippen MR) is 56.4 cm³/mol. The quantitative estimate of drug-likeness (QED) is 0.669. The molecule has 1 aliphatic carbocycles. The zero-order valence-electron chi connectivity index (χ0n) is 9.03. The molecule has 8 heteroatoms. The van der Waals surface area contributed by atoms with E-state index in [4.69, 9.17) is 0 Å². The smallest absolute Gasteiger partial charge is 0.406 e. The molecule has 0 amide bonds. The Hall–Kier alpha value is -1.99. The highest BCUT2D eigenvalue weighted by Gasteiger charge is 2.32. The average Bonchev–Trinajstić information content (AvgIpc) is 2.98. The number of halogens is 3. The SMILES string of the molecule is O=[N+]([O-])c1ccc(OC(F)(F)F)cc1NC1CC1. The molecule has 1 aromatic carbocycles. The molecule has 0 atom stereocenters. The minimum atomic E-state index is -4.81. The number of hydrogen-bond acceptors (Lipinski definition) is 4. The molecule has 1 saturated carbocycles. The molecule has 1 aromatic rings. The number of nitro groups is 1. The second kappa shape index (κ2) is 4.35. The summed E-state index contributed by atoms with van der Waals surface area (Å²) < 4.78 is 39.8. The molecule has 2 rings (SSSR count). The van der Waals surface area contributed by atoms with Crippen LogP contribution in [0.1, 0.15) is 12.8 Å². The maximum atomic E-state index is 12.0. The van der Waals surface area contributed by atoms with Gasteiger partial charge in [0.05, 0.1) is 4.92 Å². The van der Waals surface area contributed by atoms with Gasteiger partial charge in [-0.15, -0.1) is 13.2 Å². The van der Waals surface area contributed by atoms with E-state index in [0.29, 0.717) is 0 Å². The van der Waals surface area contributed by atoms with Crippen molar-refractivity contribution in [1.29, 1.82) is 0 Å². The Labute approximate surface area is 99.7 Å². The predicted octanol–water partition coefficient (Wildman–Crippen LogP) is 3.07. The van der Waals surface area contributed by atoms with Gasteiger partial charge in [-0.05, 0) is 18.9 Å². The Morgan fingerprint density at radius 2 is 2.06 bits per heavy atom. The van der Waals surface area contributed by atoms with E-state index in [1.165, 1.54) is 0 Å². The van der Waals surface area contributed by atoms with Crippen molar-refractivity contribution in [1.82, 2.24) is 0 Å². The van der Waals surface area contributed by atoms with Gasteiger partial charge in [0.2, 0.25) is 0 Å². The molecule has 1 N–H and O–H groups in total. The van der Waals surface area contributed by atoms with Gasteiger partial charge in [-0.3, -0.25) is 10.1 Å². The summed E-state index contributed by atoms with van der Waals surface area (Å²) in [7, 11) is 0. The fourth-order valence-electron chi connectivity index (χ4n) is 1.43.